The maximum atomic E-state index is 14.5. The van der Waals surface area contributed by atoms with Gasteiger partial charge in [0.05, 0.1) is 41.0 Å². The molecule has 2 unspecified atom stereocenters. The van der Waals surface area contributed by atoms with Gasteiger partial charge in [0.25, 0.3) is 11.8 Å². The average molecular weight is 813 g/mol. The number of aliphatic carboxylic acids is 1. The van der Waals surface area contributed by atoms with E-state index in [1.54, 1.807) is 24.3 Å². The van der Waals surface area contributed by atoms with E-state index in [4.69, 9.17) is 4.74 Å². The number of aliphatic hydroxyl groups is 2. The zero-order valence-corrected chi connectivity index (χ0v) is 33.6. The Hall–Kier alpha value is -4.64. The second kappa shape index (κ2) is 20.5. The predicted octanol–water partition coefficient (Wildman–Crippen LogP) is 4.91. The van der Waals surface area contributed by atoms with Crippen LogP contribution < -0.4 is 20.3 Å². The molecule has 56 heavy (non-hydrogen) atoms. The van der Waals surface area contributed by atoms with Crippen molar-refractivity contribution in [3.8, 4) is 5.75 Å². The van der Waals surface area contributed by atoms with Gasteiger partial charge in [-0.05, 0) is 42.9 Å². The fourth-order valence-corrected chi connectivity index (χ4v) is 9.50. The van der Waals surface area contributed by atoms with Gasteiger partial charge in [-0.25, -0.2) is 18.0 Å². The van der Waals surface area contributed by atoms with Crippen molar-refractivity contribution in [2.75, 3.05) is 49.8 Å². The van der Waals surface area contributed by atoms with Gasteiger partial charge in [0.2, 0.25) is 0 Å². The molecule has 0 bridgehead atoms. The number of hydrogen-bond acceptors (Lipinski definition) is 11. The molecule has 3 aromatic carbocycles. The van der Waals surface area contributed by atoms with E-state index >= 15 is 0 Å². The molecular weight excluding hydrogens is 761 g/mol. The van der Waals surface area contributed by atoms with Crippen LogP contribution in [0.2, 0.25) is 0 Å². The molecule has 14 nitrogen and oxygen atoms in total. The molecule has 4 rings (SSSR count). The van der Waals surface area contributed by atoms with Crippen LogP contribution in [-0.4, -0.2) is 103 Å². The van der Waals surface area contributed by atoms with E-state index in [0.717, 1.165) is 44.2 Å². The summed E-state index contributed by atoms with van der Waals surface area (Å²) < 4.78 is 35.0. The molecule has 0 fully saturated rings. The highest BCUT2D eigenvalue weighted by Gasteiger charge is 2.43. The highest BCUT2D eigenvalue weighted by Crippen LogP contribution is 2.47. The highest BCUT2D eigenvalue weighted by atomic mass is 32.2. The lowest BCUT2D eigenvalue weighted by molar-refractivity contribution is -0.140. The lowest BCUT2D eigenvalue weighted by Gasteiger charge is -2.37. The summed E-state index contributed by atoms with van der Waals surface area (Å²) >= 11 is 1.32. The Bertz CT molecular complexity index is 1910. The van der Waals surface area contributed by atoms with Crippen LogP contribution in [0, 0.1) is 5.41 Å². The molecule has 16 heteroatoms. The number of imide groups is 1. The summed E-state index contributed by atoms with van der Waals surface area (Å²) in [4.78, 5) is 55.2. The standard InChI is InChI=1S/C40H52N4O10S2/c1-4-6-18-40(19-7-5-2)26-44(29-16-12-9-13-17-29)31-22-33(55-3)32(23-34(31)56(52,53)27-40)54-25-35(47)42-36(28-14-10-8-11-15-28)37(48)43(20-21-45)39(51)41-30(24-46)38(49)50/h8-17,22-23,30,36,45-46H,4-7,18-21,24-27H2,1-3H3,(H,41,51)(H,42,47)(H,49,50). The van der Waals surface area contributed by atoms with Crippen molar-refractivity contribution in [2.45, 2.75) is 74.2 Å². The minimum atomic E-state index is -3.87. The lowest BCUT2D eigenvalue weighted by atomic mass is 9.79. The van der Waals surface area contributed by atoms with Crippen molar-refractivity contribution in [1.82, 2.24) is 15.5 Å². The average Bonchev–Trinajstić information content (AvgIpc) is 3.29. The quantitative estimate of drug-likeness (QED) is 0.103. The first-order chi connectivity index (χ1) is 26.8. The van der Waals surface area contributed by atoms with E-state index in [2.05, 4.69) is 24.1 Å². The molecule has 5 N–H and O–H groups in total. The van der Waals surface area contributed by atoms with Crippen molar-refractivity contribution in [3.05, 3.63) is 78.4 Å². The van der Waals surface area contributed by atoms with E-state index in [-0.39, 0.29) is 22.0 Å². The fourth-order valence-electron chi connectivity index (χ4n) is 6.84. The van der Waals surface area contributed by atoms with Crippen molar-refractivity contribution in [2.24, 2.45) is 5.41 Å². The van der Waals surface area contributed by atoms with Crippen LogP contribution >= 0.6 is 11.8 Å². The molecule has 0 aliphatic carbocycles. The Kier molecular flexibility index (Phi) is 16.1. The third-order valence-corrected chi connectivity index (χ3v) is 12.5. The predicted molar refractivity (Wildman–Crippen MR) is 214 cm³/mol. The molecule has 1 aliphatic heterocycles. The first kappa shape index (κ1) is 44.1. The summed E-state index contributed by atoms with van der Waals surface area (Å²) in [6.07, 6.45) is 6.95. The number of nitrogens with one attached hydrogen (secondary N) is 2. The number of para-hydroxylation sites is 1. The number of sulfone groups is 1. The zero-order chi connectivity index (χ0) is 40.9. The first-order valence-electron chi connectivity index (χ1n) is 18.6. The second-order valence-electron chi connectivity index (χ2n) is 13.8. The third-order valence-electron chi connectivity index (χ3n) is 9.71. The molecule has 0 saturated heterocycles. The van der Waals surface area contributed by atoms with Crippen molar-refractivity contribution in [3.63, 3.8) is 0 Å². The molecule has 1 heterocycles. The van der Waals surface area contributed by atoms with Crippen LogP contribution in [0.3, 0.4) is 0 Å². The number of urea groups is 1. The number of benzene rings is 3. The van der Waals surface area contributed by atoms with Gasteiger partial charge in [-0.1, -0.05) is 88.1 Å². The molecule has 1 aliphatic rings. The summed E-state index contributed by atoms with van der Waals surface area (Å²) in [6.45, 7) is 1.90. The van der Waals surface area contributed by atoms with Crippen LogP contribution in [-0.2, 0) is 24.2 Å². The van der Waals surface area contributed by atoms with Crippen molar-refractivity contribution in [1.29, 1.82) is 0 Å². The number of amides is 4. The van der Waals surface area contributed by atoms with E-state index in [1.807, 2.05) is 41.9 Å². The van der Waals surface area contributed by atoms with Crippen LogP contribution in [0.4, 0.5) is 16.2 Å². The number of ether oxygens (including phenoxy) is 1. The Morgan fingerprint density at radius 1 is 0.946 bits per heavy atom. The number of anilines is 2. The van der Waals surface area contributed by atoms with Crippen LogP contribution in [0.1, 0.15) is 64.0 Å². The number of unbranched alkanes of at least 4 members (excludes halogenated alkanes) is 2. The number of nitrogens with zero attached hydrogens (tertiary/aromatic N) is 2. The molecule has 2 atom stereocenters. The summed E-state index contributed by atoms with van der Waals surface area (Å²) in [6, 6.07) is 16.5. The van der Waals surface area contributed by atoms with Crippen molar-refractivity contribution >= 4 is 56.8 Å². The van der Waals surface area contributed by atoms with Crippen LogP contribution in [0.15, 0.2) is 82.6 Å². The summed E-state index contributed by atoms with van der Waals surface area (Å²) in [7, 11) is -3.87. The minimum Gasteiger partial charge on any atom is -0.483 e. The molecule has 0 spiro atoms. The molecule has 0 aromatic heterocycles. The number of thioether (sulfide) groups is 1. The van der Waals surface area contributed by atoms with Gasteiger partial charge in [-0.2, -0.15) is 0 Å². The maximum Gasteiger partial charge on any atom is 0.328 e. The molecule has 4 amide bonds. The molecule has 3 aromatic rings. The number of carbonyl (C=O) groups excluding carboxylic acids is 3. The van der Waals surface area contributed by atoms with Gasteiger partial charge in [0.1, 0.15) is 11.8 Å². The SMILES string of the molecule is CCCCC1(CCCC)CN(c2ccccc2)c2cc(SC)c(OCC(=O)NC(C(=O)N(CCO)C(=O)NC(CO)C(=O)O)c3ccccc3)cc2S(=O)(=O)C1. The van der Waals surface area contributed by atoms with Crippen molar-refractivity contribution < 1.29 is 47.7 Å². The van der Waals surface area contributed by atoms with E-state index in [0.29, 0.717) is 22.0 Å². The number of carboxylic acid groups (broad SMARTS) is 1. The third kappa shape index (κ3) is 11.0. The van der Waals surface area contributed by atoms with E-state index < -0.39 is 77.5 Å². The van der Waals surface area contributed by atoms with Gasteiger partial charge in [-0.3, -0.25) is 14.5 Å². The van der Waals surface area contributed by atoms with E-state index in [9.17, 15) is 42.9 Å². The summed E-state index contributed by atoms with van der Waals surface area (Å²) in [5, 5.41) is 33.0. The Labute approximate surface area is 332 Å². The second-order valence-corrected chi connectivity index (χ2v) is 16.6. The topological polar surface area (TPSA) is 203 Å². The van der Waals surface area contributed by atoms with Crippen LogP contribution in [0.5, 0.6) is 5.75 Å². The minimum absolute atomic E-state index is 0.0425. The number of aliphatic hydroxyl groups excluding tert-OH is 2. The van der Waals surface area contributed by atoms with Crippen LogP contribution in [0.25, 0.3) is 0 Å². The number of carbonyl (C=O) groups is 4. The number of fused-ring (bicyclic) bond motifs is 1. The largest absolute Gasteiger partial charge is 0.483 e. The number of rotatable bonds is 19. The fraction of sp³-hybridized carbons (Fsp3) is 0.450. The monoisotopic (exact) mass is 812 g/mol. The first-order valence-corrected chi connectivity index (χ1v) is 21.5. The van der Waals surface area contributed by atoms with Gasteiger partial charge in [-0.15, -0.1) is 11.8 Å². The zero-order valence-electron chi connectivity index (χ0n) is 32.0. The summed E-state index contributed by atoms with van der Waals surface area (Å²) in [5.41, 5.74) is 1.15. The van der Waals surface area contributed by atoms with E-state index in [1.165, 1.54) is 30.0 Å². The summed E-state index contributed by atoms with van der Waals surface area (Å²) in [5.74, 6) is -3.21. The highest BCUT2D eigenvalue weighted by molar-refractivity contribution is 7.98. The Balaban J connectivity index is 1.68. The van der Waals surface area contributed by atoms with Gasteiger partial charge in [0.15, 0.2) is 22.5 Å². The van der Waals surface area contributed by atoms with Gasteiger partial charge >= 0.3 is 12.0 Å². The normalized spacial score (nSPS) is 15.4. The van der Waals surface area contributed by atoms with Gasteiger partial charge < -0.3 is 35.6 Å². The molecule has 0 saturated carbocycles. The Morgan fingerprint density at radius 3 is 2.12 bits per heavy atom. The number of hydrogen-bond donors (Lipinski definition) is 5. The van der Waals surface area contributed by atoms with Gasteiger partial charge in [0, 0.05) is 23.7 Å². The molecule has 0 radical (unpaired) electrons. The molecule has 304 valence electrons. The maximum absolute atomic E-state index is 14.5. The number of carboxylic acids is 1. The smallest absolute Gasteiger partial charge is 0.328 e. The molecular formula is C40H52N4O10S2. The Morgan fingerprint density at radius 2 is 1.57 bits per heavy atom. The lowest BCUT2D eigenvalue weighted by Crippen LogP contribution is -2.54.